The molecule has 104 valence electrons. The summed E-state index contributed by atoms with van der Waals surface area (Å²) in [5.74, 6) is 0. The topological polar surface area (TPSA) is 110 Å². The molecule has 0 bridgehead atoms. The normalized spacial score (nSPS) is 17.1. The van der Waals surface area contributed by atoms with Crippen LogP contribution in [0.15, 0.2) is 29.2 Å². The summed E-state index contributed by atoms with van der Waals surface area (Å²) < 4.78 is 26.3. The lowest BCUT2D eigenvalue weighted by Gasteiger charge is -2.12. The van der Waals surface area contributed by atoms with Crippen molar-refractivity contribution in [2.24, 2.45) is 5.41 Å². The van der Waals surface area contributed by atoms with Crippen LogP contribution < -0.4 is 4.72 Å². The van der Waals surface area contributed by atoms with E-state index in [9.17, 15) is 18.5 Å². The Kier molecular flexibility index (Phi) is 3.57. The van der Waals surface area contributed by atoms with E-state index in [1.54, 1.807) is 0 Å². The zero-order valence-corrected chi connectivity index (χ0v) is 10.9. The predicted octanol–water partition coefficient (Wildman–Crippen LogP) is 0.646. The van der Waals surface area contributed by atoms with Crippen molar-refractivity contribution in [1.82, 2.24) is 4.72 Å². The second-order valence-electron chi connectivity index (χ2n) is 4.73. The number of rotatable bonds is 6. The highest BCUT2D eigenvalue weighted by molar-refractivity contribution is 7.89. The number of non-ortho nitro benzene ring substituents is 1. The van der Waals surface area contributed by atoms with Gasteiger partial charge in [0.2, 0.25) is 10.0 Å². The highest BCUT2D eigenvalue weighted by Crippen LogP contribution is 2.44. The quantitative estimate of drug-likeness (QED) is 0.589. The molecule has 0 unspecified atom stereocenters. The number of aliphatic hydroxyl groups excluding tert-OH is 1. The van der Waals surface area contributed by atoms with E-state index in [0.29, 0.717) is 0 Å². The van der Waals surface area contributed by atoms with E-state index >= 15 is 0 Å². The van der Waals surface area contributed by atoms with Crippen molar-refractivity contribution in [3.63, 3.8) is 0 Å². The van der Waals surface area contributed by atoms with Crippen LogP contribution >= 0.6 is 0 Å². The molecule has 0 radical (unpaired) electrons. The molecule has 1 aliphatic rings. The van der Waals surface area contributed by atoms with E-state index < -0.39 is 14.9 Å². The van der Waals surface area contributed by atoms with Crippen molar-refractivity contribution in [3.05, 3.63) is 34.4 Å². The molecule has 19 heavy (non-hydrogen) atoms. The Morgan fingerprint density at radius 3 is 2.32 bits per heavy atom. The number of aliphatic hydroxyl groups is 1. The van der Waals surface area contributed by atoms with E-state index in [1.165, 1.54) is 12.1 Å². The fraction of sp³-hybridized carbons (Fsp3) is 0.455. The van der Waals surface area contributed by atoms with Crippen LogP contribution in [0.5, 0.6) is 0 Å². The van der Waals surface area contributed by atoms with Gasteiger partial charge in [-0.15, -0.1) is 0 Å². The number of hydrogen-bond acceptors (Lipinski definition) is 5. The lowest BCUT2D eigenvalue weighted by molar-refractivity contribution is -0.384. The molecule has 1 aliphatic carbocycles. The van der Waals surface area contributed by atoms with E-state index in [0.717, 1.165) is 25.0 Å². The van der Waals surface area contributed by atoms with Crippen LogP contribution in [0.1, 0.15) is 12.8 Å². The number of hydrogen-bond donors (Lipinski definition) is 2. The van der Waals surface area contributed by atoms with Gasteiger partial charge in [-0.25, -0.2) is 13.1 Å². The van der Waals surface area contributed by atoms with Gasteiger partial charge in [0.15, 0.2) is 0 Å². The van der Waals surface area contributed by atoms with Crippen molar-refractivity contribution in [3.8, 4) is 0 Å². The molecule has 0 atom stereocenters. The van der Waals surface area contributed by atoms with Gasteiger partial charge in [0.1, 0.15) is 0 Å². The maximum atomic E-state index is 11.9. The monoisotopic (exact) mass is 286 g/mol. The lowest BCUT2D eigenvalue weighted by atomic mass is 10.1. The minimum absolute atomic E-state index is 0.0214. The van der Waals surface area contributed by atoms with Crippen molar-refractivity contribution in [2.45, 2.75) is 17.7 Å². The Morgan fingerprint density at radius 2 is 1.89 bits per heavy atom. The van der Waals surface area contributed by atoms with Gasteiger partial charge in [0.05, 0.1) is 9.82 Å². The van der Waals surface area contributed by atoms with Gasteiger partial charge in [0, 0.05) is 30.7 Å². The molecule has 0 spiro atoms. The number of nitrogens with zero attached hydrogens (tertiary/aromatic N) is 1. The average Bonchev–Trinajstić information content (AvgIpc) is 3.17. The number of nitro groups is 1. The van der Waals surface area contributed by atoms with Crippen LogP contribution in [0.3, 0.4) is 0 Å². The van der Waals surface area contributed by atoms with Crippen LogP contribution in [0.2, 0.25) is 0 Å². The minimum atomic E-state index is -3.69. The molecular formula is C11H14N2O5S. The van der Waals surface area contributed by atoms with Gasteiger partial charge in [0.25, 0.3) is 5.69 Å². The molecule has 2 N–H and O–H groups in total. The van der Waals surface area contributed by atoms with Gasteiger partial charge < -0.3 is 5.11 Å². The summed E-state index contributed by atoms with van der Waals surface area (Å²) in [6.07, 6.45) is 1.60. The van der Waals surface area contributed by atoms with Gasteiger partial charge in [-0.05, 0) is 25.0 Å². The van der Waals surface area contributed by atoms with Crippen LogP contribution in [-0.2, 0) is 10.0 Å². The molecule has 8 heteroatoms. The molecule has 1 fully saturated rings. The molecule has 7 nitrogen and oxygen atoms in total. The number of nitrogens with one attached hydrogen (secondary N) is 1. The summed E-state index contributed by atoms with van der Waals surface area (Å²) in [4.78, 5) is 9.87. The second-order valence-corrected chi connectivity index (χ2v) is 6.50. The summed E-state index contributed by atoms with van der Waals surface area (Å²) in [6.45, 7) is 0.138. The molecule has 0 aromatic heterocycles. The second kappa shape index (κ2) is 4.87. The smallest absolute Gasteiger partial charge is 0.269 e. The first-order valence-electron chi connectivity index (χ1n) is 5.74. The first-order valence-corrected chi connectivity index (χ1v) is 7.22. The Labute approximate surface area is 110 Å². The van der Waals surface area contributed by atoms with Crippen molar-refractivity contribution >= 4 is 15.7 Å². The van der Waals surface area contributed by atoms with E-state index in [-0.39, 0.29) is 29.1 Å². The first-order chi connectivity index (χ1) is 8.88. The van der Waals surface area contributed by atoms with Crippen molar-refractivity contribution in [1.29, 1.82) is 0 Å². The fourth-order valence-corrected chi connectivity index (χ4v) is 2.80. The maximum absolute atomic E-state index is 11.9. The number of benzene rings is 1. The van der Waals surface area contributed by atoms with Gasteiger partial charge >= 0.3 is 0 Å². The van der Waals surface area contributed by atoms with Crippen LogP contribution in [0.4, 0.5) is 5.69 Å². The van der Waals surface area contributed by atoms with Gasteiger partial charge in [-0.2, -0.15) is 0 Å². The summed E-state index contributed by atoms with van der Waals surface area (Å²) in [6, 6.07) is 4.68. The van der Waals surface area contributed by atoms with E-state index in [4.69, 9.17) is 5.11 Å². The highest BCUT2D eigenvalue weighted by Gasteiger charge is 2.42. The Hall–Kier alpha value is -1.51. The molecule has 0 heterocycles. The summed E-state index contributed by atoms with van der Waals surface area (Å²) in [5, 5.41) is 19.6. The maximum Gasteiger partial charge on any atom is 0.269 e. The third-order valence-electron chi connectivity index (χ3n) is 3.29. The largest absolute Gasteiger partial charge is 0.396 e. The van der Waals surface area contributed by atoms with E-state index in [2.05, 4.69) is 4.72 Å². The zero-order valence-electron chi connectivity index (χ0n) is 10.1. The van der Waals surface area contributed by atoms with E-state index in [1.807, 2.05) is 0 Å². The molecule has 2 rings (SSSR count). The molecular weight excluding hydrogens is 272 g/mol. The van der Waals surface area contributed by atoms with Crippen LogP contribution in [0.25, 0.3) is 0 Å². The molecule has 0 aliphatic heterocycles. The first kappa shape index (κ1) is 13.9. The Morgan fingerprint density at radius 1 is 1.32 bits per heavy atom. The Bertz CT molecular complexity index is 578. The SMILES string of the molecule is O=[N+]([O-])c1ccc(S(=O)(=O)NCC2(CO)CC2)cc1. The minimum Gasteiger partial charge on any atom is -0.396 e. The lowest BCUT2D eigenvalue weighted by Crippen LogP contribution is -2.31. The molecule has 0 saturated heterocycles. The van der Waals surface area contributed by atoms with Gasteiger partial charge in [-0.3, -0.25) is 10.1 Å². The zero-order chi connectivity index (χ0) is 14.1. The molecule has 1 aromatic carbocycles. The summed E-state index contributed by atoms with van der Waals surface area (Å²) in [7, 11) is -3.69. The summed E-state index contributed by atoms with van der Waals surface area (Å²) >= 11 is 0. The molecule has 1 saturated carbocycles. The van der Waals surface area contributed by atoms with Crippen molar-refractivity contribution < 1.29 is 18.4 Å². The highest BCUT2D eigenvalue weighted by atomic mass is 32.2. The summed E-state index contributed by atoms with van der Waals surface area (Å²) in [5.41, 5.74) is -0.485. The Balaban J connectivity index is 2.08. The average molecular weight is 286 g/mol. The fourth-order valence-electron chi connectivity index (χ4n) is 1.65. The van der Waals surface area contributed by atoms with Gasteiger partial charge in [-0.1, -0.05) is 0 Å². The standard InChI is InChI=1S/C11H14N2O5S/c14-8-11(5-6-11)7-12-19(17,18)10-3-1-9(2-4-10)13(15)16/h1-4,12,14H,5-8H2. The third-order valence-corrected chi connectivity index (χ3v) is 4.70. The van der Waals surface area contributed by atoms with Crippen molar-refractivity contribution in [2.75, 3.05) is 13.2 Å². The van der Waals surface area contributed by atoms with Crippen LogP contribution in [0, 0.1) is 15.5 Å². The molecule has 1 aromatic rings. The number of nitro benzene ring substituents is 1. The third kappa shape index (κ3) is 3.09. The predicted molar refractivity (Wildman–Crippen MR) is 67.0 cm³/mol. The number of sulfonamides is 1. The molecule has 0 amide bonds. The van der Waals surface area contributed by atoms with Crippen LogP contribution in [-0.4, -0.2) is 31.6 Å².